The van der Waals surface area contributed by atoms with Gasteiger partial charge in [0, 0.05) is 24.7 Å². The van der Waals surface area contributed by atoms with E-state index in [0.29, 0.717) is 24.9 Å². The lowest BCUT2D eigenvalue weighted by Crippen LogP contribution is -2.32. The molecular weight excluding hydrogens is 324 g/mol. The molecule has 0 aromatic heterocycles. The van der Waals surface area contributed by atoms with Crippen molar-refractivity contribution in [2.75, 3.05) is 0 Å². The van der Waals surface area contributed by atoms with Crippen molar-refractivity contribution in [1.82, 2.24) is 4.90 Å². The number of phenolic OH excluding ortho intramolecular Hbond substituents is 1. The van der Waals surface area contributed by atoms with Gasteiger partial charge >= 0.3 is 6.61 Å². The number of benzene rings is 2. The molecular formula is C20H23F2NO2. The van der Waals surface area contributed by atoms with E-state index >= 15 is 0 Å². The number of hydrogen-bond donors (Lipinski definition) is 1. The molecule has 2 aromatic rings. The summed E-state index contributed by atoms with van der Waals surface area (Å²) in [5.74, 6) is 0.474. The lowest BCUT2D eigenvalue weighted by atomic mass is 10.1. The van der Waals surface area contributed by atoms with Gasteiger partial charge in [-0.05, 0) is 36.6 Å². The van der Waals surface area contributed by atoms with Crippen LogP contribution in [0.4, 0.5) is 8.78 Å². The number of alkyl halides is 2. The van der Waals surface area contributed by atoms with Gasteiger partial charge in [-0.1, -0.05) is 43.2 Å². The van der Waals surface area contributed by atoms with Crippen LogP contribution in [-0.2, 0) is 13.1 Å². The van der Waals surface area contributed by atoms with E-state index in [1.807, 2.05) is 24.3 Å². The topological polar surface area (TPSA) is 32.7 Å². The number of phenols is 1. The lowest BCUT2D eigenvalue weighted by molar-refractivity contribution is -0.0499. The minimum Gasteiger partial charge on any atom is -0.508 e. The summed E-state index contributed by atoms with van der Waals surface area (Å²) in [6, 6.07) is 14.7. The Hall–Kier alpha value is -2.14. The van der Waals surface area contributed by atoms with Crippen LogP contribution in [0.1, 0.15) is 36.8 Å². The minimum atomic E-state index is -2.82. The number of halogens is 2. The Morgan fingerprint density at radius 3 is 2.52 bits per heavy atom. The zero-order valence-electron chi connectivity index (χ0n) is 14.1. The predicted molar refractivity (Wildman–Crippen MR) is 92.7 cm³/mol. The third-order valence-electron chi connectivity index (χ3n) is 4.72. The first-order valence-corrected chi connectivity index (χ1v) is 8.66. The predicted octanol–water partition coefficient (Wildman–Crippen LogP) is 4.94. The van der Waals surface area contributed by atoms with E-state index in [0.717, 1.165) is 24.0 Å². The van der Waals surface area contributed by atoms with Gasteiger partial charge in [0.25, 0.3) is 0 Å². The summed E-state index contributed by atoms with van der Waals surface area (Å²) in [7, 11) is 0. The Balaban J connectivity index is 1.77. The number of rotatable bonds is 7. The fourth-order valence-electron chi connectivity index (χ4n) is 3.50. The van der Waals surface area contributed by atoms with Gasteiger partial charge in [-0.25, -0.2) is 0 Å². The van der Waals surface area contributed by atoms with E-state index in [-0.39, 0.29) is 5.75 Å². The third kappa shape index (κ3) is 4.92. The van der Waals surface area contributed by atoms with Gasteiger partial charge in [-0.2, -0.15) is 8.78 Å². The SMILES string of the molecule is Oc1ccccc1CN(Cc1cccc(OC(F)F)c1)C1CCCC1. The number of hydrogen-bond acceptors (Lipinski definition) is 3. The van der Waals surface area contributed by atoms with Crippen LogP contribution in [0.25, 0.3) is 0 Å². The second-order valence-electron chi connectivity index (χ2n) is 6.50. The summed E-state index contributed by atoms with van der Waals surface area (Å²) in [6.07, 6.45) is 4.66. The Kier molecular flexibility index (Phi) is 5.87. The van der Waals surface area contributed by atoms with Crippen molar-refractivity contribution in [3.05, 3.63) is 59.7 Å². The molecule has 1 N–H and O–H groups in total. The van der Waals surface area contributed by atoms with Crippen molar-refractivity contribution in [3.8, 4) is 11.5 Å². The van der Waals surface area contributed by atoms with Crippen LogP contribution < -0.4 is 4.74 Å². The van der Waals surface area contributed by atoms with Gasteiger partial charge in [-0.3, -0.25) is 4.90 Å². The van der Waals surface area contributed by atoms with Crippen molar-refractivity contribution in [1.29, 1.82) is 0 Å². The summed E-state index contributed by atoms with van der Waals surface area (Å²) in [5.41, 5.74) is 1.81. The summed E-state index contributed by atoms with van der Waals surface area (Å²) in [5, 5.41) is 10.1. The quantitative estimate of drug-likeness (QED) is 0.770. The van der Waals surface area contributed by atoms with Crippen LogP contribution in [0.2, 0.25) is 0 Å². The van der Waals surface area contributed by atoms with E-state index in [4.69, 9.17) is 0 Å². The molecule has 0 atom stereocenters. The van der Waals surface area contributed by atoms with Gasteiger partial charge in [0.2, 0.25) is 0 Å². The molecule has 3 rings (SSSR count). The molecule has 0 heterocycles. The molecule has 0 spiro atoms. The van der Waals surface area contributed by atoms with Crippen molar-refractivity contribution in [3.63, 3.8) is 0 Å². The van der Waals surface area contributed by atoms with Crippen molar-refractivity contribution < 1.29 is 18.6 Å². The Labute approximate surface area is 146 Å². The highest BCUT2D eigenvalue weighted by Gasteiger charge is 2.23. The first-order valence-electron chi connectivity index (χ1n) is 8.66. The molecule has 0 bridgehead atoms. The summed E-state index contributed by atoms with van der Waals surface area (Å²) in [6.45, 7) is -1.54. The van der Waals surface area contributed by atoms with E-state index in [2.05, 4.69) is 9.64 Å². The van der Waals surface area contributed by atoms with Crippen LogP contribution in [0.3, 0.4) is 0 Å². The normalized spacial score (nSPS) is 15.2. The smallest absolute Gasteiger partial charge is 0.387 e. The fraction of sp³-hybridized carbons (Fsp3) is 0.400. The molecule has 0 unspecified atom stereocenters. The summed E-state index contributed by atoms with van der Waals surface area (Å²) >= 11 is 0. The van der Waals surface area contributed by atoms with Crippen LogP contribution in [0, 0.1) is 0 Å². The van der Waals surface area contributed by atoms with Crippen molar-refractivity contribution in [2.45, 2.75) is 51.4 Å². The molecule has 25 heavy (non-hydrogen) atoms. The maximum absolute atomic E-state index is 12.4. The van der Waals surface area contributed by atoms with E-state index in [1.54, 1.807) is 24.3 Å². The fourth-order valence-corrected chi connectivity index (χ4v) is 3.50. The molecule has 134 valence electrons. The van der Waals surface area contributed by atoms with E-state index in [9.17, 15) is 13.9 Å². The molecule has 5 heteroatoms. The van der Waals surface area contributed by atoms with Gasteiger partial charge in [0.1, 0.15) is 11.5 Å². The number of aromatic hydroxyl groups is 1. The first kappa shape index (κ1) is 17.7. The Morgan fingerprint density at radius 1 is 1.04 bits per heavy atom. The average molecular weight is 347 g/mol. The summed E-state index contributed by atoms with van der Waals surface area (Å²) < 4.78 is 29.4. The molecule has 3 nitrogen and oxygen atoms in total. The largest absolute Gasteiger partial charge is 0.508 e. The zero-order chi connectivity index (χ0) is 17.6. The lowest BCUT2D eigenvalue weighted by Gasteiger charge is -2.29. The van der Waals surface area contributed by atoms with Crippen molar-refractivity contribution in [2.24, 2.45) is 0 Å². The second kappa shape index (κ2) is 8.30. The highest BCUT2D eigenvalue weighted by atomic mass is 19.3. The Morgan fingerprint density at radius 2 is 1.80 bits per heavy atom. The van der Waals surface area contributed by atoms with Crippen LogP contribution >= 0.6 is 0 Å². The summed E-state index contributed by atoms with van der Waals surface area (Å²) in [4.78, 5) is 2.32. The number of para-hydroxylation sites is 1. The second-order valence-corrected chi connectivity index (χ2v) is 6.50. The van der Waals surface area contributed by atoms with Gasteiger partial charge in [0.15, 0.2) is 0 Å². The molecule has 0 radical (unpaired) electrons. The minimum absolute atomic E-state index is 0.182. The van der Waals surface area contributed by atoms with Crippen LogP contribution in [0.15, 0.2) is 48.5 Å². The van der Waals surface area contributed by atoms with Gasteiger partial charge in [-0.15, -0.1) is 0 Å². The highest BCUT2D eigenvalue weighted by molar-refractivity contribution is 5.32. The molecule has 2 aromatic carbocycles. The van der Waals surface area contributed by atoms with Gasteiger partial charge < -0.3 is 9.84 Å². The van der Waals surface area contributed by atoms with E-state index < -0.39 is 6.61 Å². The van der Waals surface area contributed by atoms with E-state index in [1.165, 1.54) is 12.8 Å². The molecule has 1 saturated carbocycles. The highest BCUT2D eigenvalue weighted by Crippen LogP contribution is 2.29. The van der Waals surface area contributed by atoms with Crippen LogP contribution in [0.5, 0.6) is 11.5 Å². The molecule has 1 aliphatic rings. The zero-order valence-corrected chi connectivity index (χ0v) is 14.1. The average Bonchev–Trinajstić information content (AvgIpc) is 3.10. The number of nitrogens with zero attached hydrogens (tertiary/aromatic N) is 1. The molecule has 0 amide bonds. The maximum atomic E-state index is 12.4. The standard InChI is InChI=1S/C20H23F2NO2/c21-20(22)25-18-10-5-6-15(12-18)13-23(17-8-2-3-9-17)14-16-7-1-4-11-19(16)24/h1,4-7,10-12,17,20,24H,2-3,8-9,13-14H2. The monoisotopic (exact) mass is 347 g/mol. The van der Waals surface area contributed by atoms with Crippen molar-refractivity contribution >= 4 is 0 Å². The first-order chi connectivity index (χ1) is 12.1. The number of ether oxygens (including phenoxy) is 1. The maximum Gasteiger partial charge on any atom is 0.387 e. The Bertz CT molecular complexity index is 687. The molecule has 1 aliphatic carbocycles. The third-order valence-corrected chi connectivity index (χ3v) is 4.72. The van der Waals surface area contributed by atoms with Crippen LogP contribution in [-0.4, -0.2) is 22.7 Å². The van der Waals surface area contributed by atoms with Gasteiger partial charge in [0.05, 0.1) is 0 Å². The molecule has 1 fully saturated rings. The molecule has 0 saturated heterocycles. The molecule has 0 aliphatic heterocycles.